The van der Waals surface area contributed by atoms with E-state index >= 15 is 0 Å². The lowest BCUT2D eigenvalue weighted by Crippen LogP contribution is -2.28. The summed E-state index contributed by atoms with van der Waals surface area (Å²) in [5.41, 5.74) is 0.445. The number of hydrogen-bond acceptors (Lipinski definition) is 5. The summed E-state index contributed by atoms with van der Waals surface area (Å²) in [7, 11) is 0. The number of rotatable bonds is 5. The van der Waals surface area contributed by atoms with Crippen molar-refractivity contribution in [2.75, 3.05) is 5.32 Å². The van der Waals surface area contributed by atoms with Crippen LogP contribution in [0.25, 0.3) is 11.2 Å². The Labute approximate surface area is 189 Å². The van der Waals surface area contributed by atoms with Gasteiger partial charge in [-0.3, -0.25) is 14.2 Å². The van der Waals surface area contributed by atoms with E-state index in [0.717, 1.165) is 40.2 Å². The molecule has 0 spiro atoms. The maximum absolute atomic E-state index is 12.9. The number of hydrogen-bond donors (Lipinski definition) is 1. The molecule has 4 aromatic rings. The van der Waals surface area contributed by atoms with Gasteiger partial charge >= 0.3 is 6.18 Å². The van der Waals surface area contributed by atoms with Crippen LogP contribution in [0.2, 0.25) is 5.02 Å². The average Bonchev–Trinajstić information content (AvgIpc) is 3.16. The van der Waals surface area contributed by atoms with Crippen LogP contribution in [0.1, 0.15) is 16.7 Å². The van der Waals surface area contributed by atoms with Gasteiger partial charge in [0.25, 0.3) is 5.56 Å². The molecule has 2 aromatic heterocycles. The Morgan fingerprint density at radius 2 is 1.94 bits per heavy atom. The first-order valence-corrected chi connectivity index (χ1v) is 10.0. The number of alkyl halides is 3. The first-order valence-electron chi connectivity index (χ1n) is 9.63. The third-order valence-corrected chi connectivity index (χ3v) is 5.28. The number of carbonyl (C=O) groups is 1. The van der Waals surface area contributed by atoms with Crippen molar-refractivity contribution in [3.63, 3.8) is 0 Å². The average molecular weight is 477 g/mol. The molecule has 1 N–H and O–H groups in total. The van der Waals surface area contributed by atoms with E-state index < -0.39 is 29.8 Å². The van der Waals surface area contributed by atoms with Crippen LogP contribution in [0.5, 0.6) is 0 Å². The summed E-state index contributed by atoms with van der Waals surface area (Å²) >= 11 is 5.90. The summed E-state index contributed by atoms with van der Waals surface area (Å²) in [5, 5.41) is 10.1. The van der Waals surface area contributed by atoms with Crippen LogP contribution in [0.4, 0.5) is 18.9 Å². The molecule has 4 rings (SSSR count). The van der Waals surface area contributed by atoms with Crippen molar-refractivity contribution in [1.82, 2.24) is 24.5 Å². The number of carbonyl (C=O) groups excluding carboxylic acids is 1. The van der Waals surface area contributed by atoms with Crippen LogP contribution >= 0.6 is 11.6 Å². The maximum Gasteiger partial charge on any atom is 0.416 e. The smallest absolute Gasteiger partial charge is 0.323 e. The summed E-state index contributed by atoms with van der Waals surface area (Å²) < 4.78 is 41.2. The van der Waals surface area contributed by atoms with Gasteiger partial charge in [0.1, 0.15) is 12.9 Å². The monoisotopic (exact) mass is 476 g/mol. The molecule has 0 atom stereocenters. The standard InChI is InChI=1S/C21H16ClF3N6O2/c1-12-4-2-3-5-13(12)9-31-19-18(28-29-31)20(33)30(11-26-19)10-17(32)27-16-8-14(21(23,24)25)6-7-15(16)22/h2-8,11H,9-10H2,1H3,(H,27,32). The van der Waals surface area contributed by atoms with Gasteiger partial charge in [0.15, 0.2) is 11.2 Å². The molecule has 2 aromatic carbocycles. The Morgan fingerprint density at radius 1 is 1.18 bits per heavy atom. The van der Waals surface area contributed by atoms with Crippen LogP contribution in [0.15, 0.2) is 53.6 Å². The number of amides is 1. The molecule has 8 nitrogen and oxygen atoms in total. The topological polar surface area (TPSA) is 94.7 Å². The number of aryl methyl sites for hydroxylation is 1. The van der Waals surface area contributed by atoms with Gasteiger partial charge in [-0.15, -0.1) is 5.10 Å². The van der Waals surface area contributed by atoms with Gasteiger partial charge in [0.05, 0.1) is 22.8 Å². The Morgan fingerprint density at radius 3 is 2.67 bits per heavy atom. The molecule has 12 heteroatoms. The quantitative estimate of drug-likeness (QED) is 0.474. The van der Waals surface area contributed by atoms with E-state index in [0.29, 0.717) is 6.54 Å². The van der Waals surface area contributed by atoms with Gasteiger partial charge < -0.3 is 5.32 Å². The van der Waals surface area contributed by atoms with Crippen molar-refractivity contribution in [1.29, 1.82) is 0 Å². The SMILES string of the molecule is Cc1ccccc1Cn1nnc2c(=O)n(CC(=O)Nc3cc(C(F)(F)F)ccc3Cl)cnc21. The fourth-order valence-corrected chi connectivity index (χ4v) is 3.36. The molecule has 1 amide bonds. The Kier molecular flexibility index (Phi) is 5.90. The molecule has 0 radical (unpaired) electrons. The van der Waals surface area contributed by atoms with Crippen LogP contribution < -0.4 is 10.9 Å². The highest BCUT2D eigenvalue weighted by Gasteiger charge is 2.31. The molecule has 0 aliphatic carbocycles. The van der Waals surface area contributed by atoms with E-state index in [-0.39, 0.29) is 21.9 Å². The zero-order valence-electron chi connectivity index (χ0n) is 17.1. The maximum atomic E-state index is 12.9. The summed E-state index contributed by atoms with van der Waals surface area (Å²) in [6.45, 7) is 1.80. The van der Waals surface area contributed by atoms with Crippen molar-refractivity contribution in [3.05, 3.63) is 80.9 Å². The predicted molar refractivity (Wildman–Crippen MR) is 115 cm³/mol. The normalized spacial score (nSPS) is 11.7. The van der Waals surface area contributed by atoms with E-state index in [4.69, 9.17) is 11.6 Å². The van der Waals surface area contributed by atoms with Crippen LogP contribution in [0.3, 0.4) is 0 Å². The fourth-order valence-electron chi connectivity index (χ4n) is 3.20. The summed E-state index contributed by atoms with van der Waals surface area (Å²) in [6, 6.07) is 10.2. The third-order valence-electron chi connectivity index (χ3n) is 4.95. The van der Waals surface area contributed by atoms with E-state index in [1.165, 1.54) is 4.68 Å². The first-order chi connectivity index (χ1) is 15.6. The van der Waals surface area contributed by atoms with Crippen molar-refractivity contribution in [2.45, 2.75) is 26.2 Å². The molecule has 2 heterocycles. The predicted octanol–water partition coefficient (Wildman–Crippen LogP) is 3.66. The molecule has 0 fully saturated rings. The molecule has 170 valence electrons. The van der Waals surface area contributed by atoms with Gasteiger partial charge in [0.2, 0.25) is 5.91 Å². The molecule has 0 bridgehead atoms. The van der Waals surface area contributed by atoms with Crippen molar-refractivity contribution in [3.8, 4) is 0 Å². The zero-order valence-corrected chi connectivity index (χ0v) is 17.9. The van der Waals surface area contributed by atoms with Crippen LogP contribution in [-0.4, -0.2) is 30.5 Å². The van der Waals surface area contributed by atoms with Crippen LogP contribution in [-0.2, 0) is 24.1 Å². The molecule has 0 unspecified atom stereocenters. The second-order valence-corrected chi connectivity index (χ2v) is 7.67. The highest BCUT2D eigenvalue weighted by Crippen LogP contribution is 2.33. The molecule has 0 saturated carbocycles. The van der Waals surface area contributed by atoms with Gasteiger partial charge in [-0.05, 0) is 36.2 Å². The zero-order chi connectivity index (χ0) is 23.8. The number of anilines is 1. The van der Waals surface area contributed by atoms with Gasteiger partial charge in [0, 0.05) is 0 Å². The van der Waals surface area contributed by atoms with E-state index in [1.54, 1.807) is 0 Å². The minimum absolute atomic E-state index is 0.0315. The van der Waals surface area contributed by atoms with Crippen molar-refractivity contribution >= 4 is 34.4 Å². The Bertz CT molecular complexity index is 1410. The number of halogens is 4. The minimum atomic E-state index is -4.60. The highest BCUT2D eigenvalue weighted by atomic mass is 35.5. The van der Waals surface area contributed by atoms with E-state index in [1.807, 2.05) is 31.2 Å². The fraction of sp³-hybridized carbons (Fsp3) is 0.190. The second-order valence-electron chi connectivity index (χ2n) is 7.26. The number of fused-ring (bicyclic) bond motifs is 1. The molecular weight excluding hydrogens is 461 g/mol. The third kappa shape index (κ3) is 4.72. The lowest BCUT2D eigenvalue weighted by Gasteiger charge is -2.12. The van der Waals surface area contributed by atoms with E-state index in [9.17, 15) is 22.8 Å². The van der Waals surface area contributed by atoms with Gasteiger partial charge in [-0.1, -0.05) is 41.1 Å². The first kappa shape index (κ1) is 22.5. The largest absolute Gasteiger partial charge is 0.416 e. The van der Waals surface area contributed by atoms with Gasteiger partial charge in [-0.2, -0.15) is 13.2 Å². The summed E-state index contributed by atoms with van der Waals surface area (Å²) in [6.07, 6.45) is -3.43. The molecule has 0 saturated heterocycles. The number of aromatic nitrogens is 5. The lowest BCUT2D eigenvalue weighted by atomic mass is 10.1. The lowest BCUT2D eigenvalue weighted by molar-refractivity contribution is -0.137. The second kappa shape index (κ2) is 8.66. The molecule has 0 aliphatic heterocycles. The molecular formula is C21H16ClF3N6O2. The molecule has 0 aliphatic rings. The van der Waals surface area contributed by atoms with Crippen molar-refractivity contribution in [2.24, 2.45) is 0 Å². The summed E-state index contributed by atoms with van der Waals surface area (Å²) in [5.74, 6) is -0.758. The van der Waals surface area contributed by atoms with Crippen molar-refractivity contribution < 1.29 is 18.0 Å². The number of nitrogens with one attached hydrogen (secondary N) is 1. The van der Waals surface area contributed by atoms with E-state index in [2.05, 4.69) is 20.6 Å². The van der Waals surface area contributed by atoms with Crippen LogP contribution in [0, 0.1) is 6.92 Å². The minimum Gasteiger partial charge on any atom is -0.323 e. The number of nitrogens with zero attached hydrogens (tertiary/aromatic N) is 5. The molecule has 33 heavy (non-hydrogen) atoms. The number of benzene rings is 2. The highest BCUT2D eigenvalue weighted by molar-refractivity contribution is 6.33. The Hall–Kier alpha value is -3.73. The van der Waals surface area contributed by atoms with Gasteiger partial charge in [-0.25, -0.2) is 9.67 Å². The summed E-state index contributed by atoms with van der Waals surface area (Å²) in [4.78, 5) is 29.3. The Balaban J connectivity index is 1.55.